The van der Waals surface area contributed by atoms with Gasteiger partial charge in [-0.05, 0) is 29.8 Å². The van der Waals surface area contributed by atoms with Crippen molar-refractivity contribution in [2.75, 3.05) is 6.54 Å². The average molecular weight is 382 g/mol. The normalized spacial score (nSPS) is 16.1. The summed E-state index contributed by atoms with van der Waals surface area (Å²) in [5, 5.41) is 13.9. The van der Waals surface area contributed by atoms with Crippen LogP contribution >= 0.6 is 0 Å². The number of hydrogen-bond acceptors (Lipinski definition) is 3. The molecule has 0 saturated carbocycles. The molecule has 3 heterocycles. The Morgan fingerprint density at radius 3 is 2.68 bits per heavy atom. The minimum absolute atomic E-state index is 0.0482. The predicted octanol–water partition coefficient (Wildman–Crippen LogP) is 2.86. The maximum atomic E-state index is 13.2. The van der Waals surface area contributed by atoms with Crippen molar-refractivity contribution in [2.45, 2.75) is 25.9 Å². The lowest BCUT2D eigenvalue weighted by Crippen LogP contribution is -2.38. The summed E-state index contributed by atoms with van der Waals surface area (Å²) >= 11 is 0. The first-order valence-electron chi connectivity index (χ1n) is 8.94. The zero-order valence-corrected chi connectivity index (χ0v) is 15.2. The summed E-state index contributed by atoms with van der Waals surface area (Å²) in [6.07, 6.45) is 1.68. The number of carboxylic acids is 1. The van der Waals surface area contributed by atoms with Crippen molar-refractivity contribution in [1.29, 1.82) is 0 Å². The molecule has 144 valence electrons. The van der Waals surface area contributed by atoms with Gasteiger partial charge < -0.3 is 15.0 Å². The van der Waals surface area contributed by atoms with E-state index >= 15 is 0 Å². The number of nitrogens with zero attached hydrogens (tertiary/aromatic N) is 3. The van der Waals surface area contributed by atoms with Crippen LogP contribution in [0.1, 0.15) is 50.6 Å². The molecule has 3 aromatic rings. The Hall–Kier alpha value is -3.42. The van der Waals surface area contributed by atoms with Crippen LogP contribution in [0.2, 0.25) is 0 Å². The van der Waals surface area contributed by atoms with Gasteiger partial charge in [0.2, 0.25) is 0 Å². The number of halogens is 1. The highest BCUT2D eigenvalue weighted by Crippen LogP contribution is 2.32. The minimum Gasteiger partial charge on any atom is -0.476 e. The number of rotatable bonds is 4. The molecule has 1 aliphatic heterocycles. The van der Waals surface area contributed by atoms with Gasteiger partial charge >= 0.3 is 5.97 Å². The zero-order valence-electron chi connectivity index (χ0n) is 15.2. The molecule has 2 N–H and O–H groups in total. The van der Waals surface area contributed by atoms with E-state index in [1.807, 2.05) is 6.92 Å². The molecular formula is C20H19FN4O3. The van der Waals surface area contributed by atoms with E-state index in [9.17, 15) is 19.1 Å². The number of aromatic carboxylic acids is 1. The van der Waals surface area contributed by atoms with E-state index < -0.39 is 5.97 Å². The number of hydrogen-bond donors (Lipinski definition) is 2. The van der Waals surface area contributed by atoms with Crippen molar-refractivity contribution >= 4 is 11.9 Å². The van der Waals surface area contributed by atoms with Crippen LogP contribution in [0.15, 0.2) is 42.6 Å². The van der Waals surface area contributed by atoms with Gasteiger partial charge in [0.1, 0.15) is 11.5 Å². The molecule has 4 rings (SSSR count). The molecule has 0 spiro atoms. The first-order valence-corrected chi connectivity index (χ1v) is 8.94. The highest BCUT2D eigenvalue weighted by atomic mass is 19.1. The van der Waals surface area contributed by atoms with Crippen LogP contribution in [0.5, 0.6) is 0 Å². The molecule has 28 heavy (non-hydrogen) atoms. The minimum atomic E-state index is -1.13. The Balaban J connectivity index is 1.69. The lowest BCUT2D eigenvalue weighted by molar-refractivity contribution is 0.0669. The molecule has 0 aliphatic carbocycles. The fourth-order valence-electron chi connectivity index (χ4n) is 3.74. The van der Waals surface area contributed by atoms with Crippen molar-refractivity contribution in [3.63, 3.8) is 0 Å². The van der Waals surface area contributed by atoms with Gasteiger partial charge in [-0.15, -0.1) is 0 Å². The van der Waals surface area contributed by atoms with E-state index in [4.69, 9.17) is 0 Å². The van der Waals surface area contributed by atoms with Crippen LogP contribution in [-0.2, 0) is 13.1 Å². The van der Waals surface area contributed by atoms with Crippen LogP contribution in [0.4, 0.5) is 4.39 Å². The standard InChI is InChI=1S/C20H19FN4O3/c1-12-9-24(19(26)16-3-2-8-22-16)11-15-17(20(27)28)23-25(18(12)15)10-13-4-6-14(21)7-5-13/h2-8,12,22H,9-11H2,1H3,(H,27,28)/t12-/m0/s1. The molecule has 8 heteroatoms. The maximum Gasteiger partial charge on any atom is 0.356 e. The molecule has 1 amide bonds. The molecule has 0 bridgehead atoms. The van der Waals surface area contributed by atoms with Crippen molar-refractivity contribution in [3.8, 4) is 0 Å². The van der Waals surface area contributed by atoms with E-state index in [1.54, 1.807) is 40.0 Å². The summed E-state index contributed by atoms with van der Waals surface area (Å²) in [5.41, 5.74) is 2.59. The summed E-state index contributed by atoms with van der Waals surface area (Å²) in [7, 11) is 0. The maximum absolute atomic E-state index is 13.2. The molecule has 1 aliphatic rings. The fourth-order valence-corrected chi connectivity index (χ4v) is 3.74. The molecule has 0 radical (unpaired) electrons. The summed E-state index contributed by atoms with van der Waals surface area (Å²) in [6, 6.07) is 9.47. The van der Waals surface area contributed by atoms with Gasteiger partial charge in [0.15, 0.2) is 5.69 Å². The van der Waals surface area contributed by atoms with Crippen molar-refractivity contribution in [1.82, 2.24) is 19.7 Å². The number of nitrogens with one attached hydrogen (secondary N) is 1. The number of carbonyl (C=O) groups excluding carboxylic acids is 1. The number of carboxylic acid groups (broad SMARTS) is 1. The average Bonchev–Trinajstić information content (AvgIpc) is 3.31. The third-order valence-corrected chi connectivity index (χ3v) is 4.97. The SMILES string of the molecule is C[C@H]1CN(C(=O)c2ccc[nH]2)Cc2c(C(=O)O)nn(Cc3ccc(F)cc3)c21. The smallest absolute Gasteiger partial charge is 0.356 e. The highest BCUT2D eigenvalue weighted by molar-refractivity contribution is 5.93. The second-order valence-corrected chi connectivity index (χ2v) is 6.97. The van der Waals surface area contributed by atoms with Crippen molar-refractivity contribution in [2.24, 2.45) is 0 Å². The Morgan fingerprint density at radius 1 is 1.29 bits per heavy atom. The molecule has 2 aromatic heterocycles. The molecule has 0 fully saturated rings. The van der Waals surface area contributed by atoms with E-state index in [0.717, 1.165) is 11.3 Å². The second-order valence-electron chi connectivity index (χ2n) is 6.97. The summed E-state index contributed by atoms with van der Waals surface area (Å²) in [6.45, 7) is 2.92. The third kappa shape index (κ3) is 3.17. The number of amides is 1. The van der Waals surface area contributed by atoms with E-state index in [0.29, 0.717) is 24.3 Å². The number of aromatic nitrogens is 3. The number of benzene rings is 1. The van der Waals surface area contributed by atoms with Crippen LogP contribution in [0, 0.1) is 5.82 Å². The zero-order chi connectivity index (χ0) is 19.8. The topological polar surface area (TPSA) is 91.2 Å². The molecule has 0 unspecified atom stereocenters. The van der Waals surface area contributed by atoms with Gasteiger partial charge in [-0.3, -0.25) is 9.48 Å². The summed E-state index contributed by atoms with van der Waals surface area (Å²) in [4.78, 5) is 29.0. The van der Waals surface area contributed by atoms with Crippen molar-refractivity contribution < 1.29 is 19.1 Å². The first kappa shape index (κ1) is 18.0. The Bertz CT molecular complexity index is 1020. The Morgan fingerprint density at radius 2 is 2.04 bits per heavy atom. The lowest BCUT2D eigenvalue weighted by Gasteiger charge is -2.31. The van der Waals surface area contributed by atoms with Gasteiger partial charge in [-0.1, -0.05) is 19.1 Å². The number of aromatic amines is 1. The largest absolute Gasteiger partial charge is 0.476 e. The van der Waals surface area contributed by atoms with E-state index in [2.05, 4.69) is 10.1 Å². The fraction of sp³-hybridized carbons (Fsp3) is 0.250. The highest BCUT2D eigenvalue weighted by Gasteiger charge is 2.34. The van der Waals surface area contributed by atoms with E-state index in [1.165, 1.54) is 12.1 Å². The monoisotopic (exact) mass is 382 g/mol. The molecule has 1 aromatic carbocycles. The van der Waals surface area contributed by atoms with Crippen LogP contribution < -0.4 is 0 Å². The quantitative estimate of drug-likeness (QED) is 0.726. The number of H-pyrrole nitrogens is 1. The molecule has 0 saturated heterocycles. The predicted molar refractivity (Wildman–Crippen MR) is 98.6 cm³/mol. The van der Waals surface area contributed by atoms with Crippen LogP contribution in [-0.4, -0.2) is 43.2 Å². The van der Waals surface area contributed by atoms with Gasteiger partial charge in [-0.2, -0.15) is 5.10 Å². The Kier molecular flexibility index (Phi) is 4.46. The van der Waals surface area contributed by atoms with Crippen LogP contribution in [0.25, 0.3) is 0 Å². The molecule has 7 nitrogen and oxygen atoms in total. The van der Waals surface area contributed by atoms with Crippen LogP contribution in [0.3, 0.4) is 0 Å². The Labute approximate surface area is 160 Å². The van der Waals surface area contributed by atoms with Crippen molar-refractivity contribution in [3.05, 3.63) is 76.6 Å². The molecule has 1 atom stereocenters. The molecular weight excluding hydrogens is 363 g/mol. The second kappa shape index (κ2) is 6.95. The number of carbonyl (C=O) groups is 2. The van der Waals surface area contributed by atoms with Gasteiger partial charge in [0, 0.05) is 29.9 Å². The van der Waals surface area contributed by atoms with E-state index in [-0.39, 0.29) is 29.9 Å². The third-order valence-electron chi connectivity index (χ3n) is 4.97. The number of fused-ring (bicyclic) bond motifs is 1. The van der Waals surface area contributed by atoms with Gasteiger partial charge in [0.05, 0.1) is 13.1 Å². The van der Waals surface area contributed by atoms with Gasteiger partial charge in [0.25, 0.3) is 5.91 Å². The summed E-state index contributed by atoms with van der Waals surface area (Å²) in [5.74, 6) is -1.73. The van der Waals surface area contributed by atoms with Gasteiger partial charge in [-0.25, -0.2) is 9.18 Å². The first-order chi connectivity index (χ1) is 13.4. The lowest BCUT2D eigenvalue weighted by atomic mass is 9.95. The summed E-state index contributed by atoms with van der Waals surface area (Å²) < 4.78 is 14.8.